The van der Waals surface area contributed by atoms with Crippen LogP contribution in [0.4, 0.5) is 4.79 Å². The predicted molar refractivity (Wildman–Crippen MR) is 74.1 cm³/mol. The van der Waals surface area contributed by atoms with Crippen LogP contribution in [0.15, 0.2) is 30.3 Å². The molecule has 106 valence electrons. The zero-order valence-electron chi connectivity index (χ0n) is 10.8. The molecule has 20 heavy (non-hydrogen) atoms. The molecule has 2 unspecified atom stereocenters. The second-order valence-electron chi connectivity index (χ2n) is 4.17. The number of esters is 1. The zero-order valence-corrected chi connectivity index (χ0v) is 11.6. The molecule has 6 nitrogen and oxygen atoms in total. The second kappa shape index (κ2) is 6.42. The molecular formula is C13H14N2O4S. The van der Waals surface area contributed by atoms with Crippen molar-refractivity contribution in [2.45, 2.75) is 12.1 Å². The van der Waals surface area contributed by atoms with Crippen LogP contribution in [0.1, 0.15) is 11.6 Å². The highest BCUT2D eigenvalue weighted by atomic mass is 32.2. The Labute approximate surface area is 120 Å². The Balaban J connectivity index is 2.10. The van der Waals surface area contributed by atoms with Crippen LogP contribution in [-0.4, -0.2) is 36.0 Å². The first-order valence-electron chi connectivity index (χ1n) is 5.98. The first kappa shape index (κ1) is 14.4. The van der Waals surface area contributed by atoms with E-state index in [1.54, 1.807) is 24.3 Å². The van der Waals surface area contributed by atoms with Gasteiger partial charge in [0.2, 0.25) is 5.91 Å². The Morgan fingerprint density at radius 1 is 1.40 bits per heavy atom. The average Bonchev–Trinajstić information content (AvgIpc) is 2.91. The first-order chi connectivity index (χ1) is 9.61. The first-order valence-corrected chi connectivity index (χ1v) is 6.97. The third-order valence-corrected chi connectivity index (χ3v) is 3.73. The third-order valence-electron chi connectivity index (χ3n) is 2.85. The molecule has 0 bridgehead atoms. The topological polar surface area (TPSA) is 84.5 Å². The van der Waals surface area contributed by atoms with Crippen LogP contribution < -0.4 is 10.6 Å². The van der Waals surface area contributed by atoms with E-state index in [9.17, 15) is 14.4 Å². The quantitative estimate of drug-likeness (QED) is 0.804. The van der Waals surface area contributed by atoms with Crippen LogP contribution in [-0.2, 0) is 14.3 Å². The van der Waals surface area contributed by atoms with E-state index in [1.807, 2.05) is 6.07 Å². The molecule has 0 radical (unpaired) electrons. The van der Waals surface area contributed by atoms with Gasteiger partial charge in [0, 0.05) is 5.75 Å². The highest BCUT2D eigenvalue weighted by molar-refractivity contribution is 8.14. The van der Waals surface area contributed by atoms with Crippen molar-refractivity contribution < 1.29 is 19.1 Å². The summed E-state index contributed by atoms with van der Waals surface area (Å²) in [4.78, 5) is 34.9. The minimum atomic E-state index is -0.879. The van der Waals surface area contributed by atoms with Gasteiger partial charge in [-0.3, -0.25) is 9.59 Å². The molecule has 1 aliphatic rings. The number of hydrogen-bond acceptors (Lipinski definition) is 5. The summed E-state index contributed by atoms with van der Waals surface area (Å²) in [6.07, 6.45) is 0. The number of carbonyl (C=O) groups excluding carboxylic acids is 3. The largest absolute Gasteiger partial charge is 0.467 e. The predicted octanol–water partition coefficient (Wildman–Crippen LogP) is 0.842. The number of benzene rings is 1. The van der Waals surface area contributed by atoms with Gasteiger partial charge in [0.1, 0.15) is 6.04 Å². The van der Waals surface area contributed by atoms with Gasteiger partial charge in [0.15, 0.2) is 6.04 Å². The maximum Gasteiger partial charge on any atom is 0.333 e. The number of amides is 2. The van der Waals surface area contributed by atoms with Gasteiger partial charge in [-0.2, -0.15) is 0 Å². The molecule has 0 saturated carbocycles. The number of carbonyl (C=O) groups is 3. The fourth-order valence-electron chi connectivity index (χ4n) is 1.81. The zero-order chi connectivity index (χ0) is 14.5. The van der Waals surface area contributed by atoms with Gasteiger partial charge in [0.25, 0.3) is 5.24 Å². The minimum Gasteiger partial charge on any atom is -0.467 e. The highest BCUT2D eigenvalue weighted by Crippen LogP contribution is 2.17. The normalized spacial score (nSPS) is 19.1. The van der Waals surface area contributed by atoms with Crippen molar-refractivity contribution in [1.29, 1.82) is 0 Å². The van der Waals surface area contributed by atoms with E-state index >= 15 is 0 Å². The van der Waals surface area contributed by atoms with E-state index in [1.165, 1.54) is 7.11 Å². The van der Waals surface area contributed by atoms with E-state index in [0.717, 1.165) is 11.8 Å². The molecule has 0 aliphatic carbocycles. The van der Waals surface area contributed by atoms with Crippen molar-refractivity contribution in [1.82, 2.24) is 10.6 Å². The summed E-state index contributed by atoms with van der Waals surface area (Å²) in [5.41, 5.74) is 0.629. The summed E-state index contributed by atoms with van der Waals surface area (Å²) in [5.74, 6) is -0.600. The van der Waals surface area contributed by atoms with Gasteiger partial charge in [-0.15, -0.1) is 0 Å². The fraction of sp³-hybridized carbons (Fsp3) is 0.308. The summed E-state index contributed by atoms with van der Waals surface area (Å²) in [6.45, 7) is 0. The lowest BCUT2D eigenvalue weighted by Gasteiger charge is -2.18. The molecule has 1 aromatic rings. The lowest BCUT2D eigenvalue weighted by molar-refractivity contribution is -0.145. The summed E-state index contributed by atoms with van der Waals surface area (Å²) < 4.78 is 4.71. The van der Waals surface area contributed by atoms with Gasteiger partial charge in [-0.05, 0) is 5.56 Å². The molecule has 0 aromatic heterocycles. The molecule has 1 aromatic carbocycles. The number of ether oxygens (including phenoxy) is 1. The van der Waals surface area contributed by atoms with Gasteiger partial charge >= 0.3 is 5.97 Å². The molecule has 1 saturated heterocycles. The van der Waals surface area contributed by atoms with Gasteiger partial charge in [-0.1, -0.05) is 42.1 Å². The molecule has 2 amide bonds. The molecular weight excluding hydrogens is 280 g/mol. The summed E-state index contributed by atoms with van der Waals surface area (Å²) in [5, 5.41) is 4.90. The van der Waals surface area contributed by atoms with Crippen LogP contribution in [0.3, 0.4) is 0 Å². The van der Waals surface area contributed by atoms with Crippen LogP contribution in [0.25, 0.3) is 0 Å². The smallest absolute Gasteiger partial charge is 0.333 e. The molecule has 2 rings (SSSR count). The number of methoxy groups -OCH3 is 1. The molecule has 1 heterocycles. The van der Waals surface area contributed by atoms with Crippen LogP contribution >= 0.6 is 11.8 Å². The van der Waals surface area contributed by atoms with Crippen molar-refractivity contribution >= 4 is 28.9 Å². The number of hydrogen-bond donors (Lipinski definition) is 2. The maximum atomic E-state index is 12.0. The van der Waals surface area contributed by atoms with E-state index in [-0.39, 0.29) is 5.24 Å². The Kier molecular flexibility index (Phi) is 4.62. The minimum absolute atomic E-state index is 0.237. The second-order valence-corrected chi connectivity index (χ2v) is 5.16. The van der Waals surface area contributed by atoms with Crippen LogP contribution in [0, 0.1) is 0 Å². The molecule has 1 fully saturated rings. The number of rotatable bonds is 4. The maximum absolute atomic E-state index is 12.0. The van der Waals surface area contributed by atoms with Crippen LogP contribution in [0.5, 0.6) is 0 Å². The molecule has 2 atom stereocenters. The Morgan fingerprint density at radius 2 is 2.10 bits per heavy atom. The Hall–Kier alpha value is -2.02. The van der Waals surface area contributed by atoms with Gasteiger partial charge in [0.05, 0.1) is 7.11 Å². The fourth-order valence-corrected chi connectivity index (χ4v) is 2.59. The van der Waals surface area contributed by atoms with Crippen molar-refractivity contribution in [3.8, 4) is 0 Å². The average molecular weight is 294 g/mol. The monoisotopic (exact) mass is 294 g/mol. The lowest BCUT2D eigenvalue weighted by atomic mass is 10.1. The number of nitrogens with one attached hydrogen (secondary N) is 2. The Bertz CT molecular complexity index is 520. The van der Waals surface area contributed by atoms with E-state index in [4.69, 9.17) is 4.74 Å². The SMILES string of the molecule is COC(=O)C(NC(=O)C1CSC(=O)N1)c1ccccc1. The third kappa shape index (κ3) is 3.30. The van der Waals surface area contributed by atoms with Crippen molar-refractivity contribution in [2.75, 3.05) is 12.9 Å². The number of thioether (sulfide) groups is 1. The van der Waals surface area contributed by atoms with Crippen molar-refractivity contribution in [3.63, 3.8) is 0 Å². The van der Waals surface area contributed by atoms with E-state index in [2.05, 4.69) is 10.6 Å². The molecule has 2 N–H and O–H groups in total. The van der Waals surface area contributed by atoms with Gasteiger partial charge < -0.3 is 15.4 Å². The van der Waals surface area contributed by atoms with Crippen molar-refractivity contribution in [3.05, 3.63) is 35.9 Å². The van der Waals surface area contributed by atoms with Crippen LogP contribution in [0.2, 0.25) is 0 Å². The molecule has 0 spiro atoms. The summed E-state index contributed by atoms with van der Waals surface area (Å²) in [6, 6.07) is 7.30. The Morgan fingerprint density at radius 3 is 2.65 bits per heavy atom. The standard InChI is InChI=1S/C13H14N2O4S/c1-19-12(17)10(8-5-3-2-4-6-8)15-11(16)9-7-20-13(18)14-9/h2-6,9-10H,7H2,1H3,(H,14,18)(H,15,16). The van der Waals surface area contributed by atoms with E-state index in [0.29, 0.717) is 11.3 Å². The molecule has 1 aliphatic heterocycles. The van der Waals surface area contributed by atoms with Gasteiger partial charge in [-0.25, -0.2) is 4.79 Å². The highest BCUT2D eigenvalue weighted by Gasteiger charge is 2.31. The summed E-state index contributed by atoms with van der Waals surface area (Å²) >= 11 is 1.04. The summed E-state index contributed by atoms with van der Waals surface area (Å²) in [7, 11) is 1.26. The van der Waals surface area contributed by atoms with E-state index < -0.39 is 24.0 Å². The molecule has 7 heteroatoms. The lowest BCUT2D eigenvalue weighted by Crippen LogP contribution is -2.46. The van der Waals surface area contributed by atoms with Crippen molar-refractivity contribution in [2.24, 2.45) is 0 Å².